The predicted molar refractivity (Wildman–Crippen MR) is 84.1 cm³/mol. The number of amides is 1. The van der Waals surface area contributed by atoms with Crippen molar-refractivity contribution in [2.24, 2.45) is 7.05 Å². The normalized spacial score (nSPS) is 14.5. The third-order valence-electron chi connectivity index (χ3n) is 4.22. The highest BCUT2D eigenvalue weighted by Crippen LogP contribution is 2.40. The molecule has 5 heteroatoms. The maximum atomic E-state index is 12.2. The summed E-state index contributed by atoms with van der Waals surface area (Å²) in [5, 5.41) is 2.90. The van der Waals surface area contributed by atoms with Gasteiger partial charge in [0.25, 0.3) is 5.91 Å². The summed E-state index contributed by atoms with van der Waals surface area (Å²) in [6.45, 7) is 1.78. The molecule has 1 N–H and O–H groups in total. The van der Waals surface area contributed by atoms with Crippen molar-refractivity contribution >= 4 is 22.6 Å². The number of furan rings is 1. The van der Waals surface area contributed by atoms with Crippen LogP contribution in [-0.2, 0) is 7.05 Å². The molecule has 0 atom stereocenters. The molecule has 1 aliphatic carbocycles. The van der Waals surface area contributed by atoms with Crippen molar-refractivity contribution in [3.8, 4) is 0 Å². The molecule has 2 heterocycles. The fourth-order valence-corrected chi connectivity index (χ4v) is 2.82. The minimum atomic E-state index is -0.163. The van der Waals surface area contributed by atoms with Gasteiger partial charge in [-0.05, 0) is 44.0 Å². The number of aromatic nitrogens is 2. The lowest BCUT2D eigenvalue weighted by Gasteiger charge is -2.04. The number of hydrogen-bond donors (Lipinski definition) is 1. The van der Waals surface area contributed by atoms with Gasteiger partial charge in [-0.2, -0.15) is 0 Å². The van der Waals surface area contributed by atoms with E-state index in [1.807, 2.05) is 18.2 Å². The van der Waals surface area contributed by atoms with E-state index in [4.69, 9.17) is 9.40 Å². The number of nitrogens with one attached hydrogen (secondary N) is 1. The van der Waals surface area contributed by atoms with Crippen molar-refractivity contribution in [2.75, 3.05) is 5.32 Å². The van der Waals surface area contributed by atoms with Gasteiger partial charge in [-0.25, -0.2) is 4.98 Å². The second kappa shape index (κ2) is 4.73. The minimum absolute atomic E-state index is 0.163. The van der Waals surface area contributed by atoms with Gasteiger partial charge in [-0.3, -0.25) is 4.79 Å². The Kier molecular flexibility index (Phi) is 2.82. The first-order chi connectivity index (χ1) is 10.6. The van der Waals surface area contributed by atoms with Crippen molar-refractivity contribution in [1.29, 1.82) is 0 Å². The Labute approximate surface area is 127 Å². The molecular formula is C17H17N3O2. The van der Waals surface area contributed by atoms with E-state index in [1.54, 1.807) is 13.0 Å². The molecule has 0 bridgehead atoms. The highest BCUT2D eigenvalue weighted by atomic mass is 16.3. The van der Waals surface area contributed by atoms with Crippen LogP contribution in [0.15, 0.2) is 34.9 Å². The summed E-state index contributed by atoms with van der Waals surface area (Å²) in [5.41, 5.74) is 3.32. The van der Waals surface area contributed by atoms with Crippen LogP contribution in [0.3, 0.4) is 0 Å². The van der Waals surface area contributed by atoms with Crippen LogP contribution >= 0.6 is 0 Å². The zero-order valence-electron chi connectivity index (χ0n) is 12.6. The summed E-state index contributed by atoms with van der Waals surface area (Å²) in [7, 11) is 2.05. The van der Waals surface area contributed by atoms with Crippen LogP contribution in [0.2, 0.25) is 0 Å². The molecule has 4 rings (SSSR count). The summed E-state index contributed by atoms with van der Waals surface area (Å²) >= 11 is 0. The first-order valence-electron chi connectivity index (χ1n) is 7.45. The number of rotatable bonds is 3. The van der Waals surface area contributed by atoms with Crippen molar-refractivity contribution in [3.63, 3.8) is 0 Å². The molecule has 1 aliphatic rings. The SMILES string of the molecule is Cc1occc1C(=O)Nc1ccc2c(c1)nc(C1CC1)n2C. The Morgan fingerprint density at radius 2 is 2.18 bits per heavy atom. The summed E-state index contributed by atoms with van der Waals surface area (Å²) in [5.74, 6) is 2.20. The molecule has 0 spiro atoms. The van der Waals surface area contributed by atoms with E-state index in [0.29, 0.717) is 17.2 Å². The van der Waals surface area contributed by atoms with Gasteiger partial charge in [-0.1, -0.05) is 0 Å². The average molecular weight is 295 g/mol. The fraction of sp³-hybridized carbons (Fsp3) is 0.294. The molecule has 22 heavy (non-hydrogen) atoms. The highest BCUT2D eigenvalue weighted by Gasteiger charge is 2.28. The van der Waals surface area contributed by atoms with Gasteiger partial charge >= 0.3 is 0 Å². The first-order valence-corrected chi connectivity index (χ1v) is 7.45. The molecule has 1 aromatic carbocycles. The average Bonchev–Trinajstić information content (AvgIpc) is 3.17. The van der Waals surface area contributed by atoms with Crippen molar-refractivity contribution in [3.05, 3.63) is 47.7 Å². The van der Waals surface area contributed by atoms with Gasteiger partial charge in [0.2, 0.25) is 0 Å². The van der Waals surface area contributed by atoms with Gasteiger partial charge in [0.15, 0.2) is 0 Å². The van der Waals surface area contributed by atoms with Crippen molar-refractivity contribution in [2.45, 2.75) is 25.7 Å². The predicted octanol–water partition coefficient (Wildman–Crippen LogP) is 3.60. The standard InChI is InChI=1S/C17H17N3O2/c1-10-13(7-8-22-10)17(21)18-12-5-6-15-14(9-12)19-16(20(15)2)11-3-4-11/h5-9,11H,3-4H2,1-2H3,(H,18,21). The molecule has 0 radical (unpaired) electrons. The molecule has 112 valence electrons. The van der Waals surface area contributed by atoms with Crippen LogP contribution < -0.4 is 5.32 Å². The molecule has 0 saturated heterocycles. The molecule has 0 unspecified atom stereocenters. The third kappa shape index (κ3) is 2.09. The Morgan fingerprint density at radius 3 is 2.86 bits per heavy atom. The quantitative estimate of drug-likeness (QED) is 0.803. The van der Waals surface area contributed by atoms with Gasteiger partial charge in [0.05, 0.1) is 22.9 Å². The second-order valence-electron chi connectivity index (χ2n) is 5.85. The Hall–Kier alpha value is -2.56. The zero-order valence-corrected chi connectivity index (χ0v) is 12.6. The number of nitrogens with zero attached hydrogens (tertiary/aromatic N) is 2. The topological polar surface area (TPSA) is 60.1 Å². The largest absolute Gasteiger partial charge is 0.469 e. The number of anilines is 1. The number of hydrogen-bond acceptors (Lipinski definition) is 3. The summed E-state index contributed by atoms with van der Waals surface area (Å²) < 4.78 is 7.32. The molecule has 1 fully saturated rings. The lowest BCUT2D eigenvalue weighted by Crippen LogP contribution is -2.11. The molecule has 3 aromatic rings. The van der Waals surface area contributed by atoms with Crippen LogP contribution in [0.25, 0.3) is 11.0 Å². The second-order valence-corrected chi connectivity index (χ2v) is 5.85. The van der Waals surface area contributed by atoms with Crippen LogP contribution in [-0.4, -0.2) is 15.5 Å². The fourth-order valence-electron chi connectivity index (χ4n) is 2.82. The van der Waals surface area contributed by atoms with Gasteiger partial charge in [-0.15, -0.1) is 0 Å². The maximum absolute atomic E-state index is 12.2. The Morgan fingerprint density at radius 1 is 1.36 bits per heavy atom. The highest BCUT2D eigenvalue weighted by molar-refractivity contribution is 6.05. The Balaban J connectivity index is 1.65. The molecule has 5 nitrogen and oxygen atoms in total. The number of carbonyl (C=O) groups excluding carboxylic acids is 1. The summed E-state index contributed by atoms with van der Waals surface area (Å²) in [6, 6.07) is 7.52. The smallest absolute Gasteiger partial charge is 0.259 e. The molecule has 0 aliphatic heterocycles. The molecular weight excluding hydrogens is 278 g/mol. The lowest BCUT2D eigenvalue weighted by molar-refractivity contribution is 0.102. The van der Waals surface area contributed by atoms with Crippen LogP contribution in [0.4, 0.5) is 5.69 Å². The van der Waals surface area contributed by atoms with E-state index in [0.717, 1.165) is 22.5 Å². The van der Waals surface area contributed by atoms with E-state index in [2.05, 4.69) is 16.9 Å². The number of benzene rings is 1. The van der Waals surface area contributed by atoms with Gasteiger partial charge < -0.3 is 14.3 Å². The van der Waals surface area contributed by atoms with Crippen molar-refractivity contribution in [1.82, 2.24) is 9.55 Å². The van der Waals surface area contributed by atoms with E-state index < -0.39 is 0 Å². The van der Waals surface area contributed by atoms with Gasteiger partial charge in [0.1, 0.15) is 11.6 Å². The summed E-state index contributed by atoms with van der Waals surface area (Å²) in [4.78, 5) is 16.9. The van der Waals surface area contributed by atoms with E-state index >= 15 is 0 Å². The van der Waals surface area contributed by atoms with Crippen LogP contribution in [0, 0.1) is 6.92 Å². The monoisotopic (exact) mass is 295 g/mol. The summed E-state index contributed by atoms with van der Waals surface area (Å²) in [6.07, 6.45) is 3.97. The van der Waals surface area contributed by atoms with E-state index in [9.17, 15) is 4.79 Å². The number of fused-ring (bicyclic) bond motifs is 1. The number of carbonyl (C=O) groups is 1. The maximum Gasteiger partial charge on any atom is 0.259 e. The van der Waals surface area contributed by atoms with E-state index in [1.165, 1.54) is 19.1 Å². The zero-order chi connectivity index (χ0) is 15.3. The van der Waals surface area contributed by atoms with Gasteiger partial charge in [0, 0.05) is 18.7 Å². The van der Waals surface area contributed by atoms with E-state index in [-0.39, 0.29) is 5.91 Å². The first kappa shape index (κ1) is 13.1. The van der Waals surface area contributed by atoms with Crippen LogP contribution in [0.5, 0.6) is 0 Å². The lowest BCUT2D eigenvalue weighted by atomic mass is 10.2. The number of imidazole rings is 1. The van der Waals surface area contributed by atoms with Crippen molar-refractivity contribution < 1.29 is 9.21 Å². The molecule has 1 saturated carbocycles. The minimum Gasteiger partial charge on any atom is -0.469 e. The number of aryl methyl sites for hydroxylation is 2. The molecule has 2 aromatic heterocycles. The molecule has 1 amide bonds. The third-order valence-corrected chi connectivity index (χ3v) is 4.22. The van der Waals surface area contributed by atoms with Crippen LogP contribution in [0.1, 0.15) is 40.7 Å². The Bertz CT molecular complexity index is 871.